The molecule has 0 amide bonds. The van der Waals surface area contributed by atoms with Gasteiger partial charge < -0.3 is 0 Å². The molecule has 4 nitrogen and oxygen atoms in total. The Morgan fingerprint density at radius 3 is 2.07 bits per heavy atom. The van der Waals surface area contributed by atoms with Crippen LogP contribution >= 0.6 is 0 Å². The van der Waals surface area contributed by atoms with Gasteiger partial charge in [0.2, 0.25) is 0 Å². The summed E-state index contributed by atoms with van der Waals surface area (Å²) in [5.74, 6) is -0.897. The van der Waals surface area contributed by atoms with Crippen LogP contribution in [0.5, 0.6) is 0 Å². The molecular formula is C22H30O4Ti. The Labute approximate surface area is 166 Å². The fraction of sp³-hybridized carbons (Fsp3) is 0.545. The van der Waals surface area contributed by atoms with Crippen molar-refractivity contribution < 1.29 is 33.6 Å². The first-order chi connectivity index (χ1) is 12.7. The number of rotatable bonds is 5. The first-order valence-corrected chi connectivity index (χ1v) is 13.7. The number of allylic oxidation sites excluding steroid dienone is 4. The second-order valence-corrected chi connectivity index (χ2v) is 13.2. The summed E-state index contributed by atoms with van der Waals surface area (Å²) < 4.78 is 11.9. The SMILES string of the molecule is C=C(C)C(=O)[O][Ti]([CH3])([O]C(=O)C(=C)C)[CH]1CCCC2=C1CC1=C2CCCC1. The van der Waals surface area contributed by atoms with Crippen LogP contribution in [0.1, 0.15) is 65.2 Å². The Balaban J connectivity index is 1.95. The van der Waals surface area contributed by atoms with Crippen LogP contribution in [0.15, 0.2) is 46.6 Å². The third-order valence-corrected chi connectivity index (χ3v) is 10.8. The van der Waals surface area contributed by atoms with Gasteiger partial charge in [-0.1, -0.05) is 0 Å². The number of carbonyl (C=O) groups is 2. The van der Waals surface area contributed by atoms with Gasteiger partial charge in [-0.3, -0.25) is 0 Å². The number of fused-ring (bicyclic) bond motifs is 1. The molecule has 0 saturated carbocycles. The van der Waals surface area contributed by atoms with Crippen LogP contribution in [0.3, 0.4) is 0 Å². The minimum absolute atomic E-state index is 0.0611. The second kappa shape index (κ2) is 7.93. The Morgan fingerprint density at radius 1 is 0.926 bits per heavy atom. The molecule has 0 fully saturated rings. The molecule has 0 aliphatic heterocycles. The number of carbonyl (C=O) groups excluding carboxylic acids is 2. The summed E-state index contributed by atoms with van der Waals surface area (Å²) in [6.45, 7) is 10.7. The summed E-state index contributed by atoms with van der Waals surface area (Å²) in [4.78, 5) is 24.8. The van der Waals surface area contributed by atoms with Gasteiger partial charge in [0, 0.05) is 0 Å². The van der Waals surface area contributed by atoms with Crippen molar-refractivity contribution in [2.75, 3.05) is 0 Å². The second-order valence-electron chi connectivity index (χ2n) is 8.27. The van der Waals surface area contributed by atoms with E-state index in [0.717, 1.165) is 25.7 Å². The Morgan fingerprint density at radius 2 is 1.48 bits per heavy atom. The summed E-state index contributed by atoms with van der Waals surface area (Å²) in [5.41, 5.74) is 6.68. The van der Waals surface area contributed by atoms with Gasteiger partial charge in [-0.2, -0.15) is 0 Å². The molecule has 3 aliphatic carbocycles. The zero-order chi connectivity index (χ0) is 19.8. The fourth-order valence-corrected chi connectivity index (χ4v) is 9.40. The normalized spacial score (nSPS) is 22.1. The number of hydrogen-bond donors (Lipinski definition) is 0. The van der Waals surface area contributed by atoms with Crippen molar-refractivity contribution in [3.8, 4) is 0 Å². The maximum atomic E-state index is 12.4. The summed E-state index contributed by atoms with van der Waals surface area (Å²) in [5, 5.41) is 1.90. The zero-order valence-electron chi connectivity index (χ0n) is 16.8. The molecule has 0 heterocycles. The van der Waals surface area contributed by atoms with Crippen LogP contribution in [0.2, 0.25) is 9.45 Å². The molecule has 0 aromatic rings. The van der Waals surface area contributed by atoms with Crippen LogP contribution in [-0.2, 0) is 33.6 Å². The molecule has 0 aromatic carbocycles. The first-order valence-electron chi connectivity index (χ1n) is 9.94. The molecule has 0 radical (unpaired) electrons. The van der Waals surface area contributed by atoms with Crippen molar-refractivity contribution in [3.63, 3.8) is 0 Å². The molecule has 0 aromatic heterocycles. The van der Waals surface area contributed by atoms with Gasteiger partial charge in [-0.15, -0.1) is 0 Å². The van der Waals surface area contributed by atoms with E-state index in [2.05, 4.69) is 13.2 Å². The topological polar surface area (TPSA) is 52.6 Å². The molecule has 0 bridgehead atoms. The van der Waals surface area contributed by atoms with Gasteiger partial charge in [-0.05, 0) is 0 Å². The van der Waals surface area contributed by atoms with E-state index >= 15 is 0 Å². The van der Waals surface area contributed by atoms with Crippen molar-refractivity contribution >= 4 is 11.9 Å². The van der Waals surface area contributed by atoms with E-state index in [1.54, 1.807) is 25.0 Å². The van der Waals surface area contributed by atoms with Gasteiger partial charge in [0.05, 0.1) is 0 Å². The molecular weight excluding hydrogens is 376 g/mol. The fourth-order valence-electron chi connectivity index (χ4n) is 4.64. The molecule has 0 saturated heterocycles. The van der Waals surface area contributed by atoms with Gasteiger partial charge in [0.25, 0.3) is 0 Å². The standard InChI is InChI=1S/C13H17.2C4H6O2.CH3.Ti/c1-3-7-12-10(5-1)9-11-6-2-4-8-13(11)12;2*1-3(2)4(5)6;;/h5H,1-4,6-9H2;2*1H2,2H3,(H,5,6);1H3;/q;;;;+2/p-2. The molecule has 0 spiro atoms. The van der Waals surface area contributed by atoms with Gasteiger partial charge in [0.15, 0.2) is 0 Å². The van der Waals surface area contributed by atoms with E-state index < -0.39 is 29.3 Å². The van der Waals surface area contributed by atoms with Crippen molar-refractivity contribution in [1.82, 2.24) is 0 Å². The van der Waals surface area contributed by atoms with Crippen LogP contribution in [0.25, 0.3) is 0 Å². The van der Waals surface area contributed by atoms with Crippen molar-refractivity contribution in [2.45, 2.75) is 74.7 Å². The van der Waals surface area contributed by atoms with Crippen LogP contribution in [0, 0.1) is 0 Å². The van der Waals surface area contributed by atoms with E-state index in [-0.39, 0.29) is 4.22 Å². The first kappa shape index (κ1) is 20.4. The van der Waals surface area contributed by atoms with E-state index in [1.165, 1.54) is 36.8 Å². The monoisotopic (exact) mass is 406 g/mol. The van der Waals surface area contributed by atoms with Gasteiger partial charge >= 0.3 is 167 Å². The Hall–Kier alpha value is -1.39. The molecule has 1 unspecified atom stereocenters. The molecule has 27 heavy (non-hydrogen) atoms. The minimum atomic E-state index is -3.79. The van der Waals surface area contributed by atoms with Crippen molar-refractivity contribution in [2.24, 2.45) is 0 Å². The van der Waals surface area contributed by atoms with Crippen molar-refractivity contribution in [1.29, 1.82) is 0 Å². The summed E-state index contributed by atoms with van der Waals surface area (Å²) >= 11 is -3.79. The predicted molar refractivity (Wildman–Crippen MR) is 102 cm³/mol. The molecule has 3 rings (SSSR count). The van der Waals surface area contributed by atoms with Gasteiger partial charge in [-0.25, -0.2) is 0 Å². The zero-order valence-corrected chi connectivity index (χ0v) is 18.3. The van der Waals surface area contributed by atoms with Crippen LogP contribution < -0.4 is 0 Å². The molecule has 3 aliphatic rings. The third kappa shape index (κ3) is 4.07. The van der Waals surface area contributed by atoms with E-state index in [1.807, 2.05) is 5.23 Å². The summed E-state index contributed by atoms with van der Waals surface area (Å²) in [6, 6.07) is 0. The summed E-state index contributed by atoms with van der Waals surface area (Å²) in [6.07, 6.45) is 8.92. The molecule has 5 heteroatoms. The maximum absolute atomic E-state index is 12.4. The van der Waals surface area contributed by atoms with E-state index in [0.29, 0.717) is 11.1 Å². The molecule has 1 atom stereocenters. The predicted octanol–water partition coefficient (Wildman–Crippen LogP) is 5.80. The average molecular weight is 406 g/mol. The van der Waals surface area contributed by atoms with Crippen LogP contribution in [0.4, 0.5) is 0 Å². The molecule has 146 valence electrons. The summed E-state index contributed by atoms with van der Waals surface area (Å²) in [7, 11) is 0. The van der Waals surface area contributed by atoms with Gasteiger partial charge in [0.1, 0.15) is 0 Å². The Bertz CT molecular complexity index is 743. The number of hydrogen-bond acceptors (Lipinski definition) is 4. The quantitative estimate of drug-likeness (QED) is 0.428. The van der Waals surface area contributed by atoms with E-state index in [9.17, 15) is 9.59 Å². The van der Waals surface area contributed by atoms with Crippen LogP contribution in [-0.4, -0.2) is 11.9 Å². The third-order valence-electron chi connectivity index (χ3n) is 6.00. The average Bonchev–Trinajstić information content (AvgIpc) is 2.99. The Kier molecular flexibility index (Phi) is 5.97. The van der Waals surface area contributed by atoms with E-state index in [4.69, 9.17) is 6.64 Å². The van der Waals surface area contributed by atoms with Crippen molar-refractivity contribution in [3.05, 3.63) is 46.6 Å². The molecule has 0 N–H and O–H groups in total.